The average Bonchev–Trinajstić information content (AvgIpc) is 3.46. The Morgan fingerprint density at radius 3 is 0.875 bits per heavy atom. The second-order valence-corrected chi connectivity index (χ2v) is 22.7. The van der Waals surface area contributed by atoms with Gasteiger partial charge >= 0.3 is 17.9 Å². The first-order chi connectivity index (χ1) is 39.5. The lowest BCUT2D eigenvalue weighted by atomic mass is 10.0. The lowest BCUT2D eigenvalue weighted by Gasteiger charge is -2.18. The van der Waals surface area contributed by atoms with E-state index in [1.54, 1.807) is 6.08 Å². The van der Waals surface area contributed by atoms with Gasteiger partial charge in [0.2, 0.25) is 0 Å². The highest BCUT2D eigenvalue weighted by Gasteiger charge is 2.19. The van der Waals surface area contributed by atoms with Gasteiger partial charge in [-0.15, -0.1) is 0 Å². The van der Waals surface area contributed by atoms with Gasteiger partial charge in [-0.2, -0.15) is 0 Å². The fourth-order valence-electron chi connectivity index (χ4n) is 9.83. The van der Waals surface area contributed by atoms with Crippen molar-refractivity contribution in [2.75, 3.05) is 13.2 Å². The van der Waals surface area contributed by atoms with E-state index >= 15 is 0 Å². The fourth-order valence-corrected chi connectivity index (χ4v) is 9.83. The molecule has 0 heterocycles. The normalized spacial score (nSPS) is 12.7. The lowest BCUT2D eigenvalue weighted by molar-refractivity contribution is -0.166. The molecule has 0 amide bonds. The first-order valence-electron chi connectivity index (χ1n) is 34.2. The Morgan fingerprint density at radius 2 is 0.537 bits per heavy atom. The van der Waals surface area contributed by atoms with Gasteiger partial charge in [-0.05, 0) is 77.0 Å². The summed E-state index contributed by atoms with van der Waals surface area (Å²) >= 11 is 0. The van der Waals surface area contributed by atoms with E-state index < -0.39 is 12.1 Å². The topological polar surface area (TPSA) is 78.9 Å². The molecule has 0 N–H and O–H groups in total. The quantitative estimate of drug-likeness (QED) is 0.0261. The highest BCUT2D eigenvalue weighted by atomic mass is 16.6. The molecule has 0 aromatic rings. The van der Waals surface area contributed by atoms with Crippen LogP contribution in [0.2, 0.25) is 0 Å². The van der Waals surface area contributed by atoms with Crippen LogP contribution in [0.5, 0.6) is 0 Å². The Bertz CT molecular complexity index is 1560. The zero-order valence-electron chi connectivity index (χ0n) is 52.8. The Labute approximate surface area is 496 Å². The Morgan fingerprint density at radius 1 is 0.275 bits per heavy atom. The molecule has 0 aliphatic carbocycles. The SMILES string of the molecule is CC/C=C\C/C=C\C/C=C\C/C=C\C/C=C\CC(=O)OCC(COC(=O)CCCCCCCCCCCCCCCCCCCCCCCCCCCCCCCC)OC(=O)CCCCCCCCC/C=C\C/C=C\C/C=C\CC. The van der Waals surface area contributed by atoms with E-state index in [-0.39, 0.29) is 31.6 Å². The summed E-state index contributed by atoms with van der Waals surface area (Å²) in [4.78, 5) is 38.3. The fraction of sp³-hybridized carbons (Fsp3) is 0.743. The minimum absolute atomic E-state index is 0.109. The average molecular weight is 1110 g/mol. The molecule has 6 heteroatoms. The third-order valence-corrected chi connectivity index (χ3v) is 14.9. The molecule has 0 aromatic heterocycles. The molecule has 0 radical (unpaired) electrons. The minimum Gasteiger partial charge on any atom is -0.462 e. The number of ether oxygens (including phenoxy) is 3. The van der Waals surface area contributed by atoms with Crippen molar-refractivity contribution in [3.05, 3.63) is 97.2 Å². The molecule has 0 aliphatic rings. The van der Waals surface area contributed by atoms with Gasteiger partial charge in [-0.1, -0.05) is 336 Å². The number of carbonyl (C=O) groups is 3. The predicted molar refractivity (Wildman–Crippen MR) is 348 cm³/mol. The van der Waals surface area contributed by atoms with Gasteiger partial charge in [-0.3, -0.25) is 14.4 Å². The summed E-state index contributed by atoms with van der Waals surface area (Å²) in [6.07, 6.45) is 91.9. The number of hydrogen-bond donors (Lipinski definition) is 0. The van der Waals surface area contributed by atoms with Gasteiger partial charge in [0.1, 0.15) is 13.2 Å². The number of esters is 3. The van der Waals surface area contributed by atoms with Gasteiger partial charge in [0.05, 0.1) is 6.42 Å². The number of rotatable bonds is 62. The van der Waals surface area contributed by atoms with Crippen LogP contribution in [0.1, 0.15) is 335 Å². The summed E-state index contributed by atoms with van der Waals surface area (Å²) < 4.78 is 16.8. The molecule has 0 fully saturated rings. The van der Waals surface area contributed by atoms with Crippen LogP contribution in [-0.4, -0.2) is 37.2 Å². The van der Waals surface area contributed by atoms with Crippen LogP contribution in [0, 0.1) is 0 Å². The number of allylic oxidation sites excluding steroid dienone is 15. The van der Waals surface area contributed by atoms with Crippen molar-refractivity contribution < 1.29 is 28.6 Å². The van der Waals surface area contributed by atoms with Crippen LogP contribution in [0.25, 0.3) is 0 Å². The molecule has 1 unspecified atom stereocenters. The Kier molecular flexibility index (Phi) is 64.7. The zero-order valence-corrected chi connectivity index (χ0v) is 52.8. The molecule has 0 bridgehead atoms. The summed E-state index contributed by atoms with van der Waals surface area (Å²) in [5.41, 5.74) is 0. The molecule has 0 aliphatic heterocycles. The second-order valence-electron chi connectivity index (χ2n) is 22.7. The monoisotopic (exact) mass is 1110 g/mol. The predicted octanol–water partition coefficient (Wildman–Crippen LogP) is 23.6. The molecule has 460 valence electrons. The molecule has 0 rings (SSSR count). The molecule has 0 aromatic carbocycles. The summed E-state index contributed by atoms with van der Waals surface area (Å²) in [7, 11) is 0. The molecular weight excluding hydrogens is 985 g/mol. The third-order valence-electron chi connectivity index (χ3n) is 14.9. The Hall–Kier alpha value is -3.67. The van der Waals surface area contributed by atoms with E-state index in [0.717, 1.165) is 96.3 Å². The van der Waals surface area contributed by atoms with Gasteiger partial charge < -0.3 is 14.2 Å². The maximum Gasteiger partial charge on any atom is 0.309 e. The standard InChI is InChI=1S/C74H128O6/c1-4-7-10-13-16-19-22-25-28-30-31-32-33-34-35-36-37-38-39-40-41-42-44-46-49-52-55-58-61-64-67-73(76)79-70-71(69-78-72(75)66-63-60-57-54-51-48-45-27-24-21-18-15-12-9-6-3)80-74(77)68-65-62-59-56-53-50-47-43-29-26-23-20-17-14-11-8-5-2/h8-9,11-12,17-18,20-21,26-27,29,45,51,54,60,63,71H,4-7,10,13-16,19,22-25,28,30-44,46-50,52-53,55-59,61-62,64-70H2,1-3H3/b11-8-,12-9-,20-17-,21-18-,29-26-,45-27-,54-51-,63-60-. The van der Waals surface area contributed by atoms with Crippen molar-refractivity contribution in [3.8, 4) is 0 Å². The number of hydrogen-bond acceptors (Lipinski definition) is 6. The molecule has 0 saturated heterocycles. The van der Waals surface area contributed by atoms with Crippen molar-refractivity contribution in [3.63, 3.8) is 0 Å². The van der Waals surface area contributed by atoms with E-state index in [9.17, 15) is 14.4 Å². The van der Waals surface area contributed by atoms with Crippen LogP contribution in [0.15, 0.2) is 97.2 Å². The second kappa shape index (κ2) is 67.8. The van der Waals surface area contributed by atoms with Gasteiger partial charge in [0.15, 0.2) is 6.10 Å². The van der Waals surface area contributed by atoms with E-state index in [4.69, 9.17) is 14.2 Å². The first-order valence-corrected chi connectivity index (χ1v) is 34.2. The first kappa shape index (κ1) is 76.3. The minimum atomic E-state index is -0.824. The number of carbonyl (C=O) groups excluding carboxylic acids is 3. The maximum absolute atomic E-state index is 12.9. The maximum atomic E-state index is 12.9. The molecule has 1 atom stereocenters. The Balaban J connectivity index is 4.26. The van der Waals surface area contributed by atoms with Gasteiger partial charge in [0.25, 0.3) is 0 Å². The number of unbranched alkanes of at least 4 members (excludes halogenated alkanes) is 36. The van der Waals surface area contributed by atoms with Crippen LogP contribution in [0.3, 0.4) is 0 Å². The molecule has 80 heavy (non-hydrogen) atoms. The largest absolute Gasteiger partial charge is 0.462 e. The third kappa shape index (κ3) is 65.1. The highest BCUT2D eigenvalue weighted by Crippen LogP contribution is 2.18. The lowest BCUT2D eigenvalue weighted by Crippen LogP contribution is -2.30. The summed E-state index contributed by atoms with van der Waals surface area (Å²) in [6, 6.07) is 0. The summed E-state index contributed by atoms with van der Waals surface area (Å²) in [6.45, 7) is 6.36. The van der Waals surface area contributed by atoms with E-state index in [0.29, 0.717) is 12.8 Å². The van der Waals surface area contributed by atoms with Gasteiger partial charge in [0, 0.05) is 12.8 Å². The smallest absolute Gasteiger partial charge is 0.309 e. The molecule has 0 spiro atoms. The van der Waals surface area contributed by atoms with Crippen molar-refractivity contribution in [1.29, 1.82) is 0 Å². The highest BCUT2D eigenvalue weighted by molar-refractivity contribution is 5.72. The molecular formula is C74H128O6. The van der Waals surface area contributed by atoms with Crippen LogP contribution in [-0.2, 0) is 28.6 Å². The van der Waals surface area contributed by atoms with E-state index in [1.807, 2.05) is 6.08 Å². The summed E-state index contributed by atoms with van der Waals surface area (Å²) in [5.74, 6) is -1.04. The van der Waals surface area contributed by atoms with Crippen molar-refractivity contribution >= 4 is 17.9 Å². The van der Waals surface area contributed by atoms with E-state index in [2.05, 4.69) is 106 Å². The van der Waals surface area contributed by atoms with Crippen molar-refractivity contribution in [1.82, 2.24) is 0 Å². The van der Waals surface area contributed by atoms with Crippen molar-refractivity contribution in [2.24, 2.45) is 0 Å². The van der Waals surface area contributed by atoms with Crippen LogP contribution in [0.4, 0.5) is 0 Å². The van der Waals surface area contributed by atoms with E-state index in [1.165, 1.54) is 199 Å². The van der Waals surface area contributed by atoms with Crippen LogP contribution < -0.4 is 0 Å². The molecule has 0 saturated carbocycles. The van der Waals surface area contributed by atoms with Crippen molar-refractivity contribution in [2.45, 2.75) is 341 Å². The zero-order chi connectivity index (χ0) is 57.8. The molecule has 6 nitrogen and oxygen atoms in total. The summed E-state index contributed by atoms with van der Waals surface area (Å²) in [5, 5.41) is 0. The van der Waals surface area contributed by atoms with Crippen LogP contribution >= 0.6 is 0 Å². The van der Waals surface area contributed by atoms with Gasteiger partial charge in [-0.25, -0.2) is 0 Å².